The fourth-order valence-corrected chi connectivity index (χ4v) is 12.4. The van der Waals surface area contributed by atoms with Gasteiger partial charge in [-0.15, -0.1) is 0 Å². The van der Waals surface area contributed by atoms with E-state index in [4.69, 9.17) is 9.47 Å². The second kappa shape index (κ2) is 11.4. The van der Waals surface area contributed by atoms with Gasteiger partial charge in [0, 0.05) is 11.3 Å². The van der Waals surface area contributed by atoms with Crippen LogP contribution in [0.4, 0.5) is 0 Å². The Bertz CT molecular complexity index is 1270. The zero-order valence-corrected chi connectivity index (χ0v) is 28.8. The molecule has 4 saturated carbocycles. The number of aliphatic hydroxyl groups is 8. The average molecular weight is 667 g/mol. The van der Waals surface area contributed by atoms with Gasteiger partial charge < -0.3 is 50.3 Å². The molecule has 11 nitrogen and oxygen atoms in total. The lowest BCUT2D eigenvalue weighted by atomic mass is 9.33. The highest BCUT2D eigenvalue weighted by atomic mass is 16.7. The van der Waals surface area contributed by atoms with Crippen LogP contribution in [0.25, 0.3) is 0 Å². The molecular formula is C36H58O11. The molecule has 1 saturated heterocycles. The largest absolute Gasteiger partial charge is 0.432 e. The van der Waals surface area contributed by atoms with Gasteiger partial charge in [-0.25, -0.2) is 0 Å². The van der Waals surface area contributed by atoms with Crippen molar-refractivity contribution in [2.75, 3.05) is 13.2 Å². The maximum absolute atomic E-state index is 14.5. The minimum absolute atomic E-state index is 0.00373. The molecule has 5 aliphatic carbocycles. The number of fused-ring (bicyclic) bond motifs is 7. The second-order valence-corrected chi connectivity index (χ2v) is 17.5. The lowest BCUT2D eigenvalue weighted by Gasteiger charge is -2.72. The molecule has 47 heavy (non-hydrogen) atoms. The van der Waals surface area contributed by atoms with Gasteiger partial charge in [-0.3, -0.25) is 4.79 Å². The summed E-state index contributed by atoms with van der Waals surface area (Å²) < 4.78 is 11.4. The Kier molecular flexibility index (Phi) is 8.68. The van der Waals surface area contributed by atoms with Crippen molar-refractivity contribution in [2.24, 2.45) is 50.7 Å². The van der Waals surface area contributed by atoms with Gasteiger partial charge >= 0.3 is 5.97 Å². The van der Waals surface area contributed by atoms with Gasteiger partial charge in [0.25, 0.3) is 0 Å². The minimum atomic E-state index is -1.72. The number of hydrogen-bond acceptors (Lipinski definition) is 11. The normalized spacial score (nSPS) is 57.5. The highest BCUT2D eigenvalue weighted by molar-refractivity contribution is 5.79. The molecule has 17 atom stereocenters. The highest BCUT2D eigenvalue weighted by Gasteiger charge is 2.72. The number of esters is 1. The summed E-state index contributed by atoms with van der Waals surface area (Å²) in [6, 6.07) is 0. The molecule has 268 valence electrons. The summed E-state index contributed by atoms with van der Waals surface area (Å²) in [5.74, 6) is -1.23. The molecule has 0 aromatic rings. The third-order valence-corrected chi connectivity index (χ3v) is 15.6. The van der Waals surface area contributed by atoms with E-state index in [9.17, 15) is 45.6 Å². The van der Waals surface area contributed by atoms with Crippen LogP contribution < -0.4 is 0 Å². The summed E-state index contributed by atoms with van der Waals surface area (Å²) in [4.78, 5) is 14.5. The third kappa shape index (κ3) is 4.60. The van der Waals surface area contributed by atoms with Crippen LogP contribution in [0, 0.1) is 50.7 Å². The van der Waals surface area contributed by atoms with Crippen LogP contribution in [0.2, 0.25) is 0 Å². The summed E-state index contributed by atoms with van der Waals surface area (Å²) in [6.07, 6.45) is -2.75. The Hall–Kier alpha value is -1.15. The first-order chi connectivity index (χ1) is 21.8. The molecular weight excluding hydrogens is 608 g/mol. The number of hydrogen-bond donors (Lipinski definition) is 8. The summed E-state index contributed by atoms with van der Waals surface area (Å²) in [5.41, 5.74) is -3.27. The molecule has 6 aliphatic rings. The molecule has 0 aromatic carbocycles. The number of aliphatic hydroxyl groups excluding tert-OH is 7. The Labute approximate surface area is 278 Å². The predicted octanol–water partition coefficient (Wildman–Crippen LogP) is 1.41. The Morgan fingerprint density at radius 1 is 0.915 bits per heavy atom. The second-order valence-electron chi connectivity index (χ2n) is 17.5. The van der Waals surface area contributed by atoms with Crippen molar-refractivity contribution in [1.82, 2.24) is 0 Å². The van der Waals surface area contributed by atoms with E-state index in [1.807, 2.05) is 20.8 Å². The number of ether oxygens (including phenoxy) is 2. The van der Waals surface area contributed by atoms with E-state index in [-0.39, 0.29) is 35.2 Å². The summed E-state index contributed by atoms with van der Waals surface area (Å²) >= 11 is 0. The monoisotopic (exact) mass is 666 g/mol. The van der Waals surface area contributed by atoms with E-state index >= 15 is 0 Å². The maximum atomic E-state index is 14.5. The smallest absolute Gasteiger partial charge is 0.315 e. The van der Waals surface area contributed by atoms with E-state index < -0.39 is 83.3 Å². The SMILES string of the molecule is C[C@@H]1CC[C@]2(C(=O)O[C@H]3O[C@H](CO)[C@@H](O)[C@H](O)[C@H]3O)CC[C@]3(C)C(=CC[C@@H]4[C@@]5(C)C[C@@H](O)[C@H](O)[C@@](C)(CO)[C@@H]5CC[C@]43C)[C@@H]2[C@]1(C)O. The molecule has 6 rings (SSSR count). The first kappa shape index (κ1) is 35.7. The fraction of sp³-hybridized carbons (Fsp3) is 0.917. The number of allylic oxidation sites excluding steroid dienone is 1. The first-order valence-corrected chi connectivity index (χ1v) is 17.7. The Morgan fingerprint density at radius 2 is 1.60 bits per heavy atom. The minimum Gasteiger partial charge on any atom is -0.432 e. The third-order valence-electron chi connectivity index (χ3n) is 15.6. The Morgan fingerprint density at radius 3 is 2.23 bits per heavy atom. The molecule has 0 radical (unpaired) electrons. The van der Waals surface area contributed by atoms with Crippen LogP contribution in [-0.2, 0) is 14.3 Å². The van der Waals surface area contributed by atoms with Crippen molar-refractivity contribution in [3.05, 3.63) is 11.6 Å². The lowest BCUT2D eigenvalue weighted by molar-refractivity contribution is -0.299. The molecule has 8 N–H and O–H groups in total. The van der Waals surface area contributed by atoms with E-state index in [0.717, 1.165) is 18.4 Å². The number of carbonyl (C=O) groups excluding carboxylic acids is 1. The quantitative estimate of drug-likeness (QED) is 0.160. The van der Waals surface area contributed by atoms with Crippen molar-refractivity contribution in [1.29, 1.82) is 0 Å². The van der Waals surface area contributed by atoms with E-state index in [1.165, 1.54) is 0 Å². The number of rotatable bonds is 4. The predicted molar refractivity (Wildman–Crippen MR) is 169 cm³/mol. The molecule has 0 amide bonds. The first-order valence-electron chi connectivity index (χ1n) is 17.7. The highest BCUT2D eigenvalue weighted by Crippen LogP contribution is 2.76. The average Bonchev–Trinajstić information content (AvgIpc) is 3.02. The molecule has 0 aromatic heterocycles. The van der Waals surface area contributed by atoms with Crippen molar-refractivity contribution < 1.29 is 55.1 Å². The summed E-state index contributed by atoms with van der Waals surface area (Å²) in [6.45, 7) is 11.6. The van der Waals surface area contributed by atoms with Crippen LogP contribution in [0.15, 0.2) is 11.6 Å². The topological polar surface area (TPSA) is 197 Å². The van der Waals surface area contributed by atoms with Gasteiger partial charge in [0.2, 0.25) is 6.29 Å². The van der Waals surface area contributed by atoms with E-state index in [2.05, 4.69) is 26.8 Å². The summed E-state index contributed by atoms with van der Waals surface area (Å²) in [5, 5.41) is 86.2. The van der Waals surface area contributed by atoms with Crippen LogP contribution in [0.3, 0.4) is 0 Å². The molecule has 0 spiro atoms. The van der Waals surface area contributed by atoms with Crippen molar-refractivity contribution in [2.45, 2.75) is 141 Å². The van der Waals surface area contributed by atoms with Crippen LogP contribution in [-0.4, -0.2) is 109 Å². The van der Waals surface area contributed by atoms with Crippen LogP contribution >= 0.6 is 0 Å². The standard InChI is InChI=1S/C36H58O11/c1-18-9-12-36(30(44)47-29-26(42)25(41)24(40)21(16-37)46-29)14-13-33(4)19(27(36)35(18,6)45)7-8-23-31(2)15-20(39)28(43)32(3,17-38)22(31)10-11-34(23,33)5/h7,18,20-29,37-43,45H,8-17H2,1-6H3/t18-,20-,21-,22-,23-,24-,25+,26-,27-,28+,29-,31+,32+,33-,34-,35-,36+/m1/s1. The van der Waals surface area contributed by atoms with E-state index in [1.54, 1.807) is 0 Å². The zero-order chi connectivity index (χ0) is 34.7. The van der Waals surface area contributed by atoms with Gasteiger partial charge in [-0.05, 0) is 92.3 Å². The van der Waals surface area contributed by atoms with E-state index in [0.29, 0.717) is 38.5 Å². The summed E-state index contributed by atoms with van der Waals surface area (Å²) in [7, 11) is 0. The molecule has 11 heteroatoms. The molecule has 5 fully saturated rings. The van der Waals surface area contributed by atoms with Gasteiger partial charge in [0.1, 0.15) is 24.4 Å². The van der Waals surface area contributed by atoms with Gasteiger partial charge in [0.15, 0.2) is 0 Å². The zero-order valence-electron chi connectivity index (χ0n) is 28.8. The fourth-order valence-electron chi connectivity index (χ4n) is 12.4. The van der Waals surface area contributed by atoms with Crippen molar-refractivity contribution >= 4 is 5.97 Å². The Balaban J connectivity index is 1.40. The van der Waals surface area contributed by atoms with Gasteiger partial charge in [-0.1, -0.05) is 46.3 Å². The molecule has 0 bridgehead atoms. The molecule has 1 aliphatic heterocycles. The van der Waals surface area contributed by atoms with Gasteiger partial charge in [-0.2, -0.15) is 0 Å². The molecule has 0 unspecified atom stereocenters. The van der Waals surface area contributed by atoms with Crippen LogP contribution in [0.5, 0.6) is 0 Å². The van der Waals surface area contributed by atoms with Gasteiger partial charge in [0.05, 0.1) is 36.4 Å². The van der Waals surface area contributed by atoms with Crippen molar-refractivity contribution in [3.8, 4) is 0 Å². The molecule has 1 heterocycles. The lowest BCUT2D eigenvalue weighted by Crippen LogP contribution is -2.69. The van der Waals surface area contributed by atoms with Crippen LogP contribution in [0.1, 0.15) is 92.9 Å². The van der Waals surface area contributed by atoms with Crippen molar-refractivity contribution in [3.63, 3.8) is 0 Å². The number of carbonyl (C=O) groups is 1. The maximum Gasteiger partial charge on any atom is 0.315 e.